The number of alkyl halides is 3. The third-order valence-electron chi connectivity index (χ3n) is 7.84. The van der Waals surface area contributed by atoms with Crippen molar-refractivity contribution in [1.29, 1.82) is 0 Å². The van der Waals surface area contributed by atoms with Crippen LogP contribution in [0.25, 0.3) is 22.8 Å². The van der Waals surface area contributed by atoms with Gasteiger partial charge >= 0.3 is 6.18 Å². The Balaban J connectivity index is 1.36. The molecule has 6 rings (SSSR count). The Kier molecular flexibility index (Phi) is 8.17. The first-order chi connectivity index (χ1) is 21.6. The normalized spacial score (nSPS) is 14.0. The zero-order chi connectivity index (χ0) is 31.7. The summed E-state index contributed by atoms with van der Waals surface area (Å²) in [5.41, 5.74) is 3.09. The monoisotopic (exact) mass is 615 g/mol. The molecule has 10 nitrogen and oxygen atoms in total. The number of halogens is 3. The number of hydrogen-bond acceptors (Lipinski definition) is 9. The number of aromatic nitrogens is 8. The predicted octanol–water partition coefficient (Wildman–Crippen LogP) is 6.84. The van der Waals surface area contributed by atoms with Gasteiger partial charge in [-0.25, -0.2) is 24.9 Å². The van der Waals surface area contributed by atoms with Crippen LogP contribution in [0.3, 0.4) is 0 Å². The van der Waals surface area contributed by atoms with E-state index in [2.05, 4.69) is 29.9 Å². The smallest absolute Gasteiger partial charge is 0.434 e. The van der Waals surface area contributed by atoms with Crippen LogP contribution in [0.15, 0.2) is 67.6 Å². The van der Waals surface area contributed by atoms with Gasteiger partial charge < -0.3 is 14.2 Å². The molecule has 1 unspecified atom stereocenters. The van der Waals surface area contributed by atoms with Crippen LogP contribution in [0.4, 0.5) is 19.1 Å². The van der Waals surface area contributed by atoms with Crippen LogP contribution in [-0.4, -0.2) is 46.6 Å². The molecule has 0 bridgehead atoms. The van der Waals surface area contributed by atoms with Crippen molar-refractivity contribution in [3.8, 4) is 28.7 Å². The lowest BCUT2D eigenvalue weighted by molar-refractivity contribution is -0.140. The lowest BCUT2D eigenvalue weighted by Gasteiger charge is -2.30. The minimum absolute atomic E-state index is 0.172. The maximum absolute atomic E-state index is 13.5. The zero-order valence-electron chi connectivity index (χ0n) is 25.3. The molecule has 0 spiro atoms. The van der Waals surface area contributed by atoms with E-state index in [0.29, 0.717) is 41.2 Å². The molecule has 1 aliphatic rings. The van der Waals surface area contributed by atoms with E-state index >= 15 is 0 Å². The first-order valence-corrected chi connectivity index (χ1v) is 14.6. The number of nitrogens with zero attached hydrogens (tertiary/aromatic N) is 9. The number of ether oxygens (including phenoxy) is 1. The molecule has 4 aromatic heterocycles. The van der Waals surface area contributed by atoms with Crippen molar-refractivity contribution < 1.29 is 17.9 Å². The highest BCUT2D eigenvalue weighted by molar-refractivity contribution is 5.66. The number of methoxy groups -OCH3 is 1. The quantitative estimate of drug-likeness (QED) is 0.167. The van der Waals surface area contributed by atoms with Gasteiger partial charge in [0, 0.05) is 42.7 Å². The molecule has 1 aliphatic carbocycles. The molecule has 1 aromatic carbocycles. The Morgan fingerprint density at radius 2 is 1.64 bits per heavy atom. The van der Waals surface area contributed by atoms with Crippen LogP contribution < -0.4 is 9.64 Å². The summed E-state index contributed by atoms with van der Waals surface area (Å²) in [7, 11) is 1.56. The fourth-order valence-electron chi connectivity index (χ4n) is 5.26. The summed E-state index contributed by atoms with van der Waals surface area (Å²) in [4.78, 5) is 32.9. The second kappa shape index (κ2) is 12.2. The summed E-state index contributed by atoms with van der Waals surface area (Å²) in [5.74, 6) is 1.83. The third kappa shape index (κ3) is 6.33. The van der Waals surface area contributed by atoms with Crippen LogP contribution >= 0.6 is 0 Å². The second-order valence-electron chi connectivity index (χ2n) is 11.3. The number of pyridine rings is 1. The van der Waals surface area contributed by atoms with Gasteiger partial charge in [-0.15, -0.1) is 0 Å². The molecule has 0 aliphatic heterocycles. The van der Waals surface area contributed by atoms with Gasteiger partial charge in [-0.1, -0.05) is 24.3 Å². The SMILES string of the molecule is COc1ncnc(C2CC2)c1-c1ncnc(N(Cc2ccc(-c3nc(C(F)(F)F)cn3C(C)C)cc2)C(C)c2ccncc2)n1. The Hall–Kier alpha value is -4.94. The minimum Gasteiger partial charge on any atom is -0.480 e. The average molecular weight is 616 g/mol. The topological polar surface area (TPSA) is 108 Å². The van der Waals surface area contributed by atoms with Crippen LogP contribution in [0.1, 0.15) is 74.1 Å². The first kappa shape index (κ1) is 30.1. The van der Waals surface area contributed by atoms with Gasteiger partial charge in [-0.3, -0.25) is 4.98 Å². The predicted molar refractivity (Wildman–Crippen MR) is 161 cm³/mol. The van der Waals surface area contributed by atoms with Crippen molar-refractivity contribution in [3.05, 3.63) is 90.2 Å². The molecule has 0 amide bonds. The molecule has 1 saturated carbocycles. The summed E-state index contributed by atoms with van der Waals surface area (Å²) in [6, 6.07) is 10.8. The molecule has 1 atom stereocenters. The van der Waals surface area contributed by atoms with Crippen molar-refractivity contribution in [3.63, 3.8) is 0 Å². The molecule has 4 heterocycles. The molecule has 13 heteroatoms. The molecule has 0 radical (unpaired) electrons. The number of anilines is 1. The van der Waals surface area contributed by atoms with Crippen molar-refractivity contribution in [1.82, 2.24) is 39.5 Å². The average Bonchev–Trinajstić information content (AvgIpc) is 3.79. The summed E-state index contributed by atoms with van der Waals surface area (Å²) >= 11 is 0. The first-order valence-electron chi connectivity index (χ1n) is 14.6. The van der Waals surface area contributed by atoms with E-state index in [1.165, 1.54) is 12.7 Å². The van der Waals surface area contributed by atoms with Crippen molar-refractivity contribution in [2.24, 2.45) is 0 Å². The molecule has 5 aromatic rings. The molecule has 1 fully saturated rings. The number of rotatable bonds is 10. The highest BCUT2D eigenvalue weighted by Crippen LogP contribution is 2.45. The highest BCUT2D eigenvalue weighted by atomic mass is 19.4. The fraction of sp³-hybridized carbons (Fsp3) is 0.344. The van der Waals surface area contributed by atoms with Crippen LogP contribution in [0.5, 0.6) is 5.88 Å². The number of benzene rings is 1. The standard InChI is InChI=1S/C32H32F3N9O/c1-19(2)43-16-25(32(33,34)35)41-29(43)24-7-5-21(6-8-24)15-44(20(3)22-11-13-36-14-12-22)31-40-18-38-28(42-31)26-27(23-9-10-23)37-17-39-30(26)45-4/h5-8,11-14,16-20,23H,9-10,15H2,1-4H3. The lowest BCUT2D eigenvalue weighted by Crippen LogP contribution is -2.28. The zero-order valence-corrected chi connectivity index (χ0v) is 25.3. The summed E-state index contributed by atoms with van der Waals surface area (Å²) in [6.07, 6.45) is 5.03. The van der Waals surface area contributed by atoms with E-state index in [0.717, 1.165) is 35.9 Å². The van der Waals surface area contributed by atoms with Gasteiger partial charge in [0.1, 0.15) is 24.0 Å². The van der Waals surface area contributed by atoms with Crippen LogP contribution in [0, 0.1) is 0 Å². The van der Waals surface area contributed by atoms with Gasteiger partial charge in [0.15, 0.2) is 11.5 Å². The van der Waals surface area contributed by atoms with Crippen molar-refractivity contribution in [2.45, 2.75) is 64.3 Å². The fourth-order valence-corrected chi connectivity index (χ4v) is 5.26. The molecule has 232 valence electrons. The van der Waals surface area contributed by atoms with Gasteiger partial charge in [0.05, 0.1) is 18.8 Å². The van der Waals surface area contributed by atoms with E-state index in [1.807, 2.05) is 49.9 Å². The Labute approximate surface area is 258 Å². The maximum atomic E-state index is 13.5. The molecule has 0 saturated heterocycles. The summed E-state index contributed by atoms with van der Waals surface area (Å²) in [5, 5.41) is 0. The van der Waals surface area contributed by atoms with Gasteiger partial charge in [0.25, 0.3) is 0 Å². The summed E-state index contributed by atoms with van der Waals surface area (Å²) in [6.45, 7) is 6.10. The Morgan fingerprint density at radius 1 is 0.933 bits per heavy atom. The van der Waals surface area contributed by atoms with E-state index < -0.39 is 11.9 Å². The van der Waals surface area contributed by atoms with E-state index in [4.69, 9.17) is 9.72 Å². The Morgan fingerprint density at radius 3 is 2.29 bits per heavy atom. The molecule has 45 heavy (non-hydrogen) atoms. The molecule has 0 N–H and O–H groups in total. The molecular formula is C32H32F3N9O. The molecular weight excluding hydrogens is 583 g/mol. The van der Waals surface area contributed by atoms with Gasteiger partial charge in [-0.05, 0) is 56.9 Å². The minimum atomic E-state index is -4.53. The number of imidazole rings is 1. The van der Waals surface area contributed by atoms with E-state index in [1.54, 1.807) is 36.2 Å². The largest absolute Gasteiger partial charge is 0.480 e. The highest BCUT2D eigenvalue weighted by Gasteiger charge is 2.35. The Bertz CT molecular complexity index is 1770. The van der Waals surface area contributed by atoms with Crippen LogP contribution in [-0.2, 0) is 12.7 Å². The van der Waals surface area contributed by atoms with E-state index in [-0.39, 0.29) is 17.9 Å². The van der Waals surface area contributed by atoms with Crippen LogP contribution in [0.2, 0.25) is 0 Å². The van der Waals surface area contributed by atoms with Gasteiger partial charge in [0.2, 0.25) is 11.8 Å². The maximum Gasteiger partial charge on any atom is 0.434 e. The van der Waals surface area contributed by atoms with Crippen molar-refractivity contribution in [2.75, 3.05) is 12.0 Å². The lowest BCUT2D eigenvalue weighted by atomic mass is 10.1. The summed E-state index contributed by atoms with van der Waals surface area (Å²) < 4.78 is 47.5. The second-order valence-corrected chi connectivity index (χ2v) is 11.3. The van der Waals surface area contributed by atoms with Gasteiger partial charge in [-0.2, -0.15) is 18.2 Å². The van der Waals surface area contributed by atoms with Crippen molar-refractivity contribution >= 4 is 5.95 Å². The third-order valence-corrected chi connectivity index (χ3v) is 7.84. The number of hydrogen-bond donors (Lipinski definition) is 0. The van der Waals surface area contributed by atoms with E-state index in [9.17, 15) is 13.2 Å².